The molecule has 6 nitrogen and oxygen atoms in total. The highest BCUT2D eigenvalue weighted by atomic mass is 32.1. The van der Waals surface area contributed by atoms with E-state index < -0.39 is 0 Å². The molecule has 0 aliphatic heterocycles. The molecular weight excluding hydrogens is 336 g/mol. The summed E-state index contributed by atoms with van der Waals surface area (Å²) in [7, 11) is 1.92. The summed E-state index contributed by atoms with van der Waals surface area (Å²) in [5.74, 6) is 0.783. The molecule has 7 heteroatoms. The number of nitrogens with zero attached hydrogens (tertiary/aromatic N) is 3. The van der Waals surface area contributed by atoms with Gasteiger partial charge in [0.2, 0.25) is 5.91 Å². The van der Waals surface area contributed by atoms with Gasteiger partial charge in [-0.3, -0.25) is 9.69 Å². The van der Waals surface area contributed by atoms with Crippen molar-refractivity contribution in [1.29, 1.82) is 0 Å². The standard InChI is InChI=1S/C18H20N4O2S/c1-3-24-14-9-7-13(8-10-14)11-22(2)12-17(23)19-15-5-4-6-16-18(15)21-25-20-16/h4-10H,3,11-12H2,1-2H3,(H,19,23). The zero-order valence-corrected chi connectivity index (χ0v) is 15.0. The molecule has 0 saturated heterocycles. The predicted octanol–water partition coefficient (Wildman–Crippen LogP) is 3.16. The first-order valence-electron chi connectivity index (χ1n) is 8.07. The number of hydrogen-bond acceptors (Lipinski definition) is 6. The molecule has 130 valence electrons. The lowest BCUT2D eigenvalue weighted by atomic mass is 10.2. The van der Waals surface area contributed by atoms with Crippen molar-refractivity contribution in [1.82, 2.24) is 13.6 Å². The minimum atomic E-state index is -0.0751. The van der Waals surface area contributed by atoms with Gasteiger partial charge >= 0.3 is 0 Å². The van der Waals surface area contributed by atoms with Gasteiger partial charge in [-0.25, -0.2) is 0 Å². The molecule has 0 unspecified atom stereocenters. The topological polar surface area (TPSA) is 67.3 Å². The maximum atomic E-state index is 12.3. The third-order valence-corrected chi connectivity index (χ3v) is 4.20. The Morgan fingerprint density at radius 2 is 2.00 bits per heavy atom. The van der Waals surface area contributed by atoms with Gasteiger partial charge in [-0.05, 0) is 43.8 Å². The first kappa shape index (κ1) is 17.3. The monoisotopic (exact) mass is 356 g/mol. The summed E-state index contributed by atoms with van der Waals surface area (Å²) < 4.78 is 13.9. The normalized spacial score (nSPS) is 11.0. The Morgan fingerprint density at radius 1 is 1.20 bits per heavy atom. The van der Waals surface area contributed by atoms with Crippen molar-refractivity contribution in [2.45, 2.75) is 13.5 Å². The van der Waals surface area contributed by atoms with E-state index >= 15 is 0 Å². The lowest BCUT2D eigenvalue weighted by Gasteiger charge is -2.16. The zero-order valence-electron chi connectivity index (χ0n) is 14.2. The van der Waals surface area contributed by atoms with Crippen molar-refractivity contribution < 1.29 is 9.53 Å². The van der Waals surface area contributed by atoms with Crippen LogP contribution in [0.2, 0.25) is 0 Å². The smallest absolute Gasteiger partial charge is 0.238 e. The van der Waals surface area contributed by atoms with Gasteiger partial charge in [0.05, 0.1) is 30.6 Å². The van der Waals surface area contributed by atoms with Crippen LogP contribution >= 0.6 is 11.7 Å². The number of carbonyl (C=O) groups is 1. The molecule has 1 N–H and O–H groups in total. The molecule has 0 fully saturated rings. The Balaban J connectivity index is 1.56. The molecule has 0 aliphatic rings. The molecule has 0 spiro atoms. The number of amides is 1. The van der Waals surface area contributed by atoms with Gasteiger partial charge in [0.15, 0.2) is 0 Å². The molecular formula is C18H20N4O2S. The van der Waals surface area contributed by atoms with Crippen LogP contribution in [0.15, 0.2) is 42.5 Å². The number of carbonyl (C=O) groups excluding carboxylic acids is 1. The number of nitrogens with one attached hydrogen (secondary N) is 1. The van der Waals surface area contributed by atoms with E-state index in [2.05, 4.69) is 14.1 Å². The third-order valence-electron chi connectivity index (χ3n) is 3.66. The van der Waals surface area contributed by atoms with Crippen LogP contribution in [-0.4, -0.2) is 39.8 Å². The Bertz CT molecular complexity index is 848. The van der Waals surface area contributed by atoms with Crippen molar-refractivity contribution in [2.75, 3.05) is 25.5 Å². The van der Waals surface area contributed by atoms with Gasteiger partial charge < -0.3 is 10.1 Å². The van der Waals surface area contributed by atoms with Crippen LogP contribution in [0.4, 0.5) is 5.69 Å². The van der Waals surface area contributed by atoms with Crippen LogP contribution in [0.3, 0.4) is 0 Å². The highest BCUT2D eigenvalue weighted by Crippen LogP contribution is 2.21. The molecule has 1 aromatic heterocycles. The molecule has 3 aromatic rings. The summed E-state index contributed by atoms with van der Waals surface area (Å²) in [6.45, 7) is 3.59. The molecule has 0 aliphatic carbocycles. The van der Waals surface area contributed by atoms with Gasteiger partial charge in [0.1, 0.15) is 16.8 Å². The van der Waals surface area contributed by atoms with E-state index in [1.165, 1.54) is 0 Å². The number of benzene rings is 2. The number of hydrogen-bond donors (Lipinski definition) is 1. The minimum Gasteiger partial charge on any atom is -0.494 e. The van der Waals surface area contributed by atoms with Crippen molar-refractivity contribution in [3.63, 3.8) is 0 Å². The lowest BCUT2D eigenvalue weighted by molar-refractivity contribution is -0.117. The Morgan fingerprint density at radius 3 is 2.76 bits per heavy atom. The number of rotatable bonds is 7. The molecule has 0 bridgehead atoms. The van der Waals surface area contributed by atoms with Crippen LogP contribution < -0.4 is 10.1 Å². The molecule has 0 saturated carbocycles. The summed E-state index contributed by atoms with van der Waals surface area (Å²) in [4.78, 5) is 14.3. The zero-order chi connectivity index (χ0) is 17.6. The van der Waals surface area contributed by atoms with Crippen molar-refractivity contribution in [2.24, 2.45) is 0 Å². The van der Waals surface area contributed by atoms with Crippen LogP contribution in [0.5, 0.6) is 5.75 Å². The maximum Gasteiger partial charge on any atom is 0.238 e. The maximum absolute atomic E-state index is 12.3. The largest absolute Gasteiger partial charge is 0.494 e. The SMILES string of the molecule is CCOc1ccc(CN(C)CC(=O)Nc2cccc3nsnc23)cc1. The second-order valence-corrected chi connectivity index (χ2v) is 6.26. The Hall–Kier alpha value is -2.51. The van der Waals surface area contributed by atoms with Crippen LogP contribution in [-0.2, 0) is 11.3 Å². The summed E-state index contributed by atoms with van der Waals surface area (Å²) in [6.07, 6.45) is 0. The minimum absolute atomic E-state index is 0.0751. The van der Waals surface area contributed by atoms with Crippen LogP contribution in [0, 0.1) is 0 Å². The van der Waals surface area contributed by atoms with E-state index in [1.54, 1.807) is 0 Å². The van der Waals surface area contributed by atoms with E-state index in [4.69, 9.17) is 4.74 Å². The first-order chi connectivity index (χ1) is 12.2. The molecule has 3 rings (SSSR count). The molecule has 0 atom stereocenters. The number of anilines is 1. The predicted molar refractivity (Wildman–Crippen MR) is 100.0 cm³/mol. The third kappa shape index (κ3) is 4.52. The van der Waals surface area contributed by atoms with Gasteiger partial charge in [-0.15, -0.1) is 0 Å². The summed E-state index contributed by atoms with van der Waals surface area (Å²) in [5, 5.41) is 2.92. The van der Waals surface area contributed by atoms with E-state index in [1.807, 2.05) is 61.3 Å². The highest BCUT2D eigenvalue weighted by molar-refractivity contribution is 7.00. The van der Waals surface area contributed by atoms with E-state index in [-0.39, 0.29) is 5.91 Å². The van der Waals surface area contributed by atoms with E-state index in [0.29, 0.717) is 25.4 Å². The molecule has 0 radical (unpaired) electrons. The van der Waals surface area contributed by atoms with Gasteiger partial charge in [-0.1, -0.05) is 18.2 Å². The fourth-order valence-corrected chi connectivity index (χ4v) is 3.12. The van der Waals surface area contributed by atoms with E-state index in [0.717, 1.165) is 34.1 Å². The van der Waals surface area contributed by atoms with Crippen LogP contribution in [0.1, 0.15) is 12.5 Å². The average Bonchev–Trinajstić information content (AvgIpc) is 3.06. The second kappa shape index (κ2) is 8.04. The number of likely N-dealkylation sites (N-methyl/N-ethyl adjacent to an activating group) is 1. The lowest BCUT2D eigenvalue weighted by Crippen LogP contribution is -2.29. The summed E-state index contributed by atoms with van der Waals surface area (Å²) in [6, 6.07) is 13.5. The Kier molecular flexibility index (Phi) is 5.57. The second-order valence-electron chi connectivity index (χ2n) is 5.73. The fraction of sp³-hybridized carbons (Fsp3) is 0.278. The van der Waals surface area contributed by atoms with Crippen molar-refractivity contribution >= 4 is 34.4 Å². The molecule has 25 heavy (non-hydrogen) atoms. The van der Waals surface area contributed by atoms with E-state index in [9.17, 15) is 4.79 Å². The molecule has 1 heterocycles. The molecule has 1 amide bonds. The quantitative estimate of drug-likeness (QED) is 0.704. The van der Waals surface area contributed by atoms with Gasteiger partial charge in [0, 0.05) is 6.54 Å². The summed E-state index contributed by atoms with van der Waals surface area (Å²) >= 11 is 1.14. The number of ether oxygens (including phenoxy) is 1. The van der Waals surface area contributed by atoms with Gasteiger partial charge in [0.25, 0.3) is 0 Å². The van der Waals surface area contributed by atoms with Crippen molar-refractivity contribution in [3.8, 4) is 5.75 Å². The number of aromatic nitrogens is 2. The van der Waals surface area contributed by atoms with Gasteiger partial charge in [-0.2, -0.15) is 8.75 Å². The fourth-order valence-electron chi connectivity index (χ4n) is 2.57. The van der Waals surface area contributed by atoms with Crippen LogP contribution in [0.25, 0.3) is 11.0 Å². The average molecular weight is 356 g/mol. The number of fused-ring (bicyclic) bond motifs is 1. The molecule has 2 aromatic carbocycles. The van der Waals surface area contributed by atoms with Crippen molar-refractivity contribution in [3.05, 3.63) is 48.0 Å². The summed E-state index contributed by atoms with van der Waals surface area (Å²) in [5.41, 5.74) is 3.36. The highest BCUT2D eigenvalue weighted by Gasteiger charge is 2.11. The Labute approximate surface area is 150 Å². The first-order valence-corrected chi connectivity index (χ1v) is 8.80.